The average Bonchev–Trinajstić information content (AvgIpc) is 3.75. The van der Waals surface area contributed by atoms with Gasteiger partial charge in [0.25, 0.3) is 0 Å². The Bertz CT molecular complexity index is 3270. The molecule has 0 radical (unpaired) electrons. The maximum absolute atomic E-state index is 5.29. The Balaban J connectivity index is 1.06. The van der Waals surface area contributed by atoms with Crippen molar-refractivity contribution in [2.45, 2.75) is 11.8 Å². The van der Waals surface area contributed by atoms with Gasteiger partial charge in [0.2, 0.25) is 0 Å². The lowest BCUT2D eigenvalue weighted by atomic mass is 9.84. The lowest BCUT2D eigenvalue weighted by Gasteiger charge is -2.21. The van der Waals surface area contributed by atoms with Crippen LogP contribution in [0.25, 0.3) is 88.2 Å². The minimum absolute atomic E-state index is 0.227. The number of allylic oxidation sites excluding steroid dienone is 4. The molecule has 2 aromatic heterocycles. The molecule has 2 unspecified atom stereocenters. The molecule has 0 amide bonds. The molecule has 4 nitrogen and oxygen atoms in total. The van der Waals surface area contributed by atoms with Crippen molar-refractivity contribution in [3.05, 3.63) is 199 Å². The highest BCUT2D eigenvalue weighted by atomic mass is 15.0. The van der Waals surface area contributed by atoms with Crippen LogP contribution < -0.4 is 0 Å². The second kappa shape index (κ2) is 11.7. The first-order chi connectivity index (χ1) is 27.3. The van der Waals surface area contributed by atoms with Crippen molar-refractivity contribution in [2.24, 2.45) is 0 Å². The number of benzene rings is 8. The van der Waals surface area contributed by atoms with Gasteiger partial charge in [-0.3, -0.25) is 0 Å². The van der Waals surface area contributed by atoms with E-state index in [-0.39, 0.29) is 5.92 Å². The molecule has 0 spiro atoms. The van der Waals surface area contributed by atoms with Crippen LogP contribution in [0.5, 0.6) is 0 Å². The summed E-state index contributed by atoms with van der Waals surface area (Å²) in [5.41, 5.74) is 9.21. The molecule has 0 aliphatic heterocycles. The number of rotatable bonds is 4. The Hall–Kier alpha value is -7.17. The van der Waals surface area contributed by atoms with Gasteiger partial charge in [-0.15, -0.1) is 0 Å². The maximum Gasteiger partial charge on any atom is 0.164 e. The maximum atomic E-state index is 5.29. The van der Waals surface area contributed by atoms with Crippen LogP contribution in [0, 0.1) is 0 Å². The lowest BCUT2D eigenvalue weighted by molar-refractivity contribution is 0.770. The van der Waals surface area contributed by atoms with Crippen LogP contribution in [-0.2, 0) is 0 Å². The Kier molecular flexibility index (Phi) is 6.43. The number of para-hydroxylation sites is 1. The predicted molar refractivity (Wildman–Crippen MR) is 227 cm³/mol. The van der Waals surface area contributed by atoms with Crippen LogP contribution >= 0.6 is 0 Å². The van der Waals surface area contributed by atoms with Gasteiger partial charge in [-0.1, -0.05) is 152 Å². The molecule has 0 N–H and O–H groups in total. The van der Waals surface area contributed by atoms with Crippen molar-refractivity contribution < 1.29 is 0 Å². The highest BCUT2D eigenvalue weighted by molar-refractivity contribution is 6.15. The number of hydrogen-bond acceptors (Lipinski definition) is 3. The molecule has 10 aromatic rings. The molecule has 0 saturated carbocycles. The summed E-state index contributed by atoms with van der Waals surface area (Å²) in [5, 5.41) is 9.85. The summed E-state index contributed by atoms with van der Waals surface area (Å²) in [5.74, 6) is 2.54. The number of nitrogens with zero attached hydrogens (tertiary/aromatic N) is 4. The van der Waals surface area contributed by atoms with E-state index in [2.05, 4.69) is 168 Å². The standard InChI is InChI=1S/C51H32N4/c1-2-12-32(13-3-1)49-52-50(35-24-25-37-40-21-10-16-31-17-11-22-41(48(31)40)43(37)29-35)54-51(53-49)42-26-27-46(38-19-7-6-18-36(38)42)55-45-23-9-8-20-39(45)44-28-33-14-4-5-15-34(33)30-47(44)55/h1-30,37,43H. The third-order valence-electron chi connectivity index (χ3n) is 11.8. The molecule has 55 heavy (non-hydrogen) atoms. The monoisotopic (exact) mass is 700 g/mol. The molecule has 8 aromatic carbocycles. The first-order valence-electron chi connectivity index (χ1n) is 18.9. The van der Waals surface area contributed by atoms with E-state index < -0.39 is 0 Å². The molecule has 2 atom stereocenters. The van der Waals surface area contributed by atoms with E-state index in [0.29, 0.717) is 23.4 Å². The smallest absolute Gasteiger partial charge is 0.164 e. The van der Waals surface area contributed by atoms with Crippen molar-refractivity contribution >= 4 is 59.7 Å². The van der Waals surface area contributed by atoms with E-state index in [1.54, 1.807) is 0 Å². The molecule has 4 heteroatoms. The quantitative estimate of drug-likeness (QED) is 0.184. The van der Waals surface area contributed by atoms with Crippen LogP contribution in [-0.4, -0.2) is 19.5 Å². The van der Waals surface area contributed by atoms with Crippen molar-refractivity contribution in [1.82, 2.24) is 19.5 Å². The Morgan fingerprint density at radius 3 is 1.93 bits per heavy atom. The molecule has 12 rings (SSSR count). The number of aromatic nitrogens is 4. The second-order valence-corrected chi connectivity index (χ2v) is 14.7. The van der Waals surface area contributed by atoms with Gasteiger partial charge in [0.15, 0.2) is 17.5 Å². The summed E-state index contributed by atoms with van der Waals surface area (Å²) in [6, 6.07) is 58.7. The van der Waals surface area contributed by atoms with Gasteiger partial charge >= 0.3 is 0 Å². The van der Waals surface area contributed by atoms with Crippen molar-refractivity contribution in [3.8, 4) is 28.5 Å². The van der Waals surface area contributed by atoms with Gasteiger partial charge in [0.05, 0.1) is 16.7 Å². The van der Waals surface area contributed by atoms with Crippen LogP contribution in [0.4, 0.5) is 0 Å². The SMILES string of the molecule is C1=CC2c3cccc4cccc(c34)C2C=C1c1nc(-c2ccccc2)nc(-c2ccc(-n3c4ccccc4c4cc5ccccc5cc43)c3ccccc23)n1. The zero-order valence-electron chi connectivity index (χ0n) is 29.8. The van der Waals surface area contributed by atoms with Crippen LogP contribution in [0.15, 0.2) is 182 Å². The zero-order chi connectivity index (χ0) is 36.0. The van der Waals surface area contributed by atoms with E-state index >= 15 is 0 Å². The summed E-state index contributed by atoms with van der Waals surface area (Å²) in [4.78, 5) is 15.6. The molecular weight excluding hydrogens is 669 g/mol. The molecule has 2 aliphatic carbocycles. The summed E-state index contributed by atoms with van der Waals surface area (Å²) >= 11 is 0. The average molecular weight is 701 g/mol. The number of fused-ring (bicyclic) bond motifs is 8. The van der Waals surface area contributed by atoms with E-state index in [0.717, 1.165) is 33.2 Å². The highest BCUT2D eigenvalue weighted by Crippen LogP contribution is 2.51. The van der Waals surface area contributed by atoms with E-state index in [9.17, 15) is 0 Å². The van der Waals surface area contributed by atoms with E-state index in [4.69, 9.17) is 15.0 Å². The largest absolute Gasteiger partial charge is 0.309 e. The van der Waals surface area contributed by atoms with Gasteiger partial charge in [-0.2, -0.15) is 0 Å². The fourth-order valence-electron chi connectivity index (χ4n) is 9.29. The third kappa shape index (κ3) is 4.55. The fraction of sp³-hybridized carbons (Fsp3) is 0.0392. The van der Waals surface area contributed by atoms with Crippen molar-refractivity contribution in [3.63, 3.8) is 0 Å². The van der Waals surface area contributed by atoms with E-state index in [1.807, 2.05) is 18.2 Å². The zero-order valence-corrected chi connectivity index (χ0v) is 29.8. The molecule has 2 heterocycles. The molecule has 0 fully saturated rings. The minimum atomic E-state index is 0.227. The molecule has 2 aliphatic rings. The molecular formula is C51H32N4. The predicted octanol–water partition coefficient (Wildman–Crippen LogP) is 12.6. The Morgan fingerprint density at radius 2 is 1.09 bits per heavy atom. The van der Waals surface area contributed by atoms with Crippen LogP contribution in [0.1, 0.15) is 28.8 Å². The third-order valence-corrected chi connectivity index (χ3v) is 11.8. The Labute approximate surface area is 317 Å². The van der Waals surface area contributed by atoms with Crippen molar-refractivity contribution in [1.29, 1.82) is 0 Å². The van der Waals surface area contributed by atoms with Crippen molar-refractivity contribution in [2.75, 3.05) is 0 Å². The fourth-order valence-corrected chi connectivity index (χ4v) is 9.29. The summed E-state index contributed by atoms with van der Waals surface area (Å²) in [6.07, 6.45) is 6.94. The van der Waals surface area contributed by atoms with Gasteiger partial charge in [-0.05, 0) is 68.4 Å². The summed E-state index contributed by atoms with van der Waals surface area (Å²) in [6.45, 7) is 0. The Morgan fingerprint density at radius 1 is 0.436 bits per heavy atom. The first-order valence-corrected chi connectivity index (χ1v) is 18.9. The van der Waals surface area contributed by atoms with Gasteiger partial charge in [0.1, 0.15) is 0 Å². The summed E-state index contributed by atoms with van der Waals surface area (Å²) in [7, 11) is 0. The van der Waals surface area contributed by atoms with Gasteiger partial charge in [-0.25, -0.2) is 15.0 Å². The van der Waals surface area contributed by atoms with Crippen LogP contribution in [0.3, 0.4) is 0 Å². The molecule has 256 valence electrons. The minimum Gasteiger partial charge on any atom is -0.309 e. The molecule has 0 bridgehead atoms. The number of hydrogen-bond donors (Lipinski definition) is 0. The highest BCUT2D eigenvalue weighted by Gasteiger charge is 2.34. The second-order valence-electron chi connectivity index (χ2n) is 14.7. The van der Waals surface area contributed by atoms with Gasteiger partial charge < -0.3 is 4.57 Å². The van der Waals surface area contributed by atoms with Gasteiger partial charge in [0, 0.05) is 44.7 Å². The molecule has 0 saturated heterocycles. The topological polar surface area (TPSA) is 43.6 Å². The van der Waals surface area contributed by atoms with E-state index in [1.165, 1.54) is 54.5 Å². The first kappa shape index (κ1) is 30.3. The normalized spacial score (nSPS) is 16.0. The summed E-state index contributed by atoms with van der Waals surface area (Å²) < 4.78 is 2.42. The van der Waals surface area contributed by atoms with Crippen LogP contribution in [0.2, 0.25) is 0 Å². The lowest BCUT2D eigenvalue weighted by Crippen LogP contribution is -2.08.